The highest BCUT2D eigenvalue weighted by Crippen LogP contribution is 2.12. The summed E-state index contributed by atoms with van der Waals surface area (Å²) in [4.78, 5) is 13.3. The van der Waals surface area contributed by atoms with Crippen molar-refractivity contribution in [3.05, 3.63) is 36.0 Å². The Morgan fingerprint density at radius 3 is 2.59 bits per heavy atom. The molecule has 2 rings (SSSR count). The Morgan fingerprint density at radius 2 is 2.12 bits per heavy atom. The minimum Gasteiger partial charge on any atom is -0.352 e. The maximum atomic E-state index is 10.3. The van der Waals surface area contributed by atoms with Gasteiger partial charge in [0.2, 0.25) is 0 Å². The Balaban J connectivity index is 0.000000209. The fourth-order valence-electron chi connectivity index (χ4n) is 1.36. The molecule has 0 bridgehead atoms. The summed E-state index contributed by atoms with van der Waals surface area (Å²) in [6.07, 6.45) is 2.04. The largest absolute Gasteiger partial charge is 0.352 e. The lowest BCUT2D eigenvalue weighted by Crippen LogP contribution is -2.19. The standard InChI is InChI=1S/C9H7NO.C5H13N/c11-6-8-5-7-3-1-2-4-9(7)10-8;1-4-5(2)6-3/h1-6,10H;5-6H,4H2,1-3H3. The number of nitrogens with one attached hydrogen (secondary N) is 2. The summed E-state index contributed by atoms with van der Waals surface area (Å²) in [7, 11) is 1.98. The van der Waals surface area contributed by atoms with Crippen LogP contribution in [0.1, 0.15) is 30.8 Å². The molecule has 0 aliphatic carbocycles. The van der Waals surface area contributed by atoms with Crippen LogP contribution in [0.15, 0.2) is 30.3 Å². The van der Waals surface area contributed by atoms with Gasteiger partial charge in [-0.15, -0.1) is 0 Å². The van der Waals surface area contributed by atoms with Crippen LogP contribution in [-0.2, 0) is 0 Å². The number of benzene rings is 1. The van der Waals surface area contributed by atoms with Crippen LogP contribution in [0, 0.1) is 0 Å². The van der Waals surface area contributed by atoms with Crippen molar-refractivity contribution in [3.63, 3.8) is 0 Å². The molecule has 92 valence electrons. The first-order chi connectivity index (χ1) is 8.21. The summed E-state index contributed by atoms with van der Waals surface area (Å²) in [5.41, 5.74) is 1.64. The molecule has 1 aromatic carbocycles. The van der Waals surface area contributed by atoms with Gasteiger partial charge in [-0.1, -0.05) is 25.1 Å². The second-order valence-corrected chi connectivity index (χ2v) is 4.03. The predicted molar refractivity (Wildman–Crippen MR) is 72.5 cm³/mol. The molecule has 0 saturated heterocycles. The molecule has 2 aromatic rings. The lowest BCUT2D eigenvalue weighted by molar-refractivity contribution is 0.112. The zero-order valence-corrected chi connectivity index (χ0v) is 10.7. The van der Waals surface area contributed by atoms with Crippen molar-refractivity contribution in [3.8, 4) is 0 Å². The van der Waals surface area contributed by atoms with E-state index in [4.69, 9.17) is 0 Å². The Labute approximate surface area is 102 Å². The molecule has 0 saturated carbocycles. The first-order valence-electron chi connectivity index (χ1n) is 5.91. The molecule has 1 unspecified atom stereocenters. The third-order valence-corrected chi connectivity index (χ3v) is 2.78. The van der Waals surface area contributed by atoms with Crippen molar-refractivity contribution in [2.45, 2.75) is 26.3 Å². The van der Waals surface area contributed by atoms with Gasteiger partial charge in [-0.05, 0) is 32.5 Å². The molecular formula is C14H20N2O. The average molecular weight is 232 g/mol. The molecule has 1 atom stereocenters. The topological polar surface area (TPSA) is 44.9 Å². The molecule has 0 aliphatic rings. The Kier molecular flexibility index (Phi) is 5.43. The fraction of sp³-hybridized carbons (Fsp3) is 0.357. The molecule has 2 N–H and O–H groups in total. The van der Waals surface area contributed by atoms with E-state index in [0.29, 0.717) is 11.7 Å². The van der Waals surface area contributed by atoms with Gasteiger partial charge in [-0.2, -0.15) is 0 Å². The number of aldehydes is 1. The molecule has 0 amide bonds. The normalized spacial score (nSPS) is 11.7. The molecule has 0 radical (unpaired) electrons. The highest BCUT2D eigenvalue weighted by atomic mass is 16.1. The fourth-order valence-corrected chi connectivity index (χ4v) is 1.36. The van der Waals surface area contributed by atoms with E-state index in [0.717, 1.165) is 17.2 Å². The van der Waals surface area contributed by atoms with Gasteiger partial charge in [-0.3, -0.25) is 4.79 Å². The smallest absolute Gasteiger partial charge is 0.166 e. The van der Waals surface area contributed by atoms with Crippen molar-refractivity contribution in [1.82, 2.24) is 10.3 Å². The predicted octanol–water partition coefficient (Wildman–Crippen LogP) is 2.98. The Morgan fingerprint density at radius 1 is 1.41 bits per heavy atom. The second-order valence-electron chi connectivity index (χ2n) is 4.03. The van der Waals surface area contributed by atoms with Gasteiger partial charge in [0, 0.05) is 16.9 Å². The molecule has 3 heteroatoms. The minimum atomic E-state index is 0.631. The van der Waals surface area contributed by atoms with E-state index >= 15 is 0 Å². The maximum Gasteiger partial charge on any atom is 0.166 e. The molecule has 1 aromatic heterocycles. The van der Waals surface area contributed by atoms with Gasteiger partial charge in [0.05, 0.1) is 5.69 Å². The zero-order chi connectivity index (χ0) is 12.7. The van der Waals surface area contributed by atoms with E-state index in [1.165, 1.54) is 6.42 Å². The molecule has 1 heterocycles. The summed E-state index contributed by atoms with van der Waals surface area (Å²) >= 11 is 0. The highest BCUT2D eigenvalue weighted by molar-refractivity contribution is 5.87. The maximum absolute atomic E-state index is 10.3. The number of H-pyrrole nitrogens is 1. The first kappa shape index (κ1) is 13.5. The number of aromatic amines is 1. The first-order valence-corrected chi connectivity index (χ1v) is 5.91. The quantitative estimate of drug-likeness (QED) is 0.799. The number of aromatic nitrogens is 1. The van der Waals surface area contributed by atoms with E-state index in [2.05, 4.69) is 24.1 Å². The molecule has 0 spiro atoms. The van der Waals surface area contributed by atoms with Crippen LogP contribution >= 0.6 is 0 Å². The molecular weight excluding hydrogens is 212 g/mol. The molecule has 0 aliphatic heterocycles. The molecule has 17 heavy (non-hydrogen) atoms. The number of rotatable bonds is 3. The van der Waals surface area contributed by atoms with Crippen LogP contribution in [0.3, 0.4) is 0 Å². The van der Waals surface area contributed by atoms with Gasteiger partial charge < -0.3 is 10.3 Å². The van der Waals surface area contributed by atoms with Crippen LogP contribution in [-0.4, -0.2) is 24.4 Å². The van der Waals surface area contributed by atoms with Crippen LogP contribution in [0.2, 0.25) is 0 Å². The number of fused-ring (bicyclic) bond motifs is 1. The van der Waals surface area contributed by atoms with Crippen LogP contribution < -0.4 is 5.32 Å². The zero-order valence-electron chi connectivity index (χ0n) is 10.7. The van der Waals surface area contributed by atoms with E-state index in [9.17, 15) is 4.79 Å². The number of carbonyl (C=O) groups is 1. The van der Waals surface area contributed by atoms with Crippen molar-refractivity contribution < 1.29 is 4.79 Å². The van der Waals surface area contributed by atoms with Crippen molar-refractivity contribution >= 4 is 17.2 Å². The van der Waals surface area contributed by atoms with Gasteiger partial charge in [-0.25, -0.2) is 0 Å². The minimum absolute atomic E-state index is 0.631. The van der Waals surface area contributed by atoms with Crippen molar-refractivity contribution in [2.24, 2.45) is 0 Å². The average Bonchev–Trinajstić information content (AvgIpc) is 2.81. The summed E-state index contributed by atoms with van der Waals surface area (Å²) in [5, 5.41) is 4.19. The lowest BCUT2D eigenvalue weighted by Gasteiger charge is -2.02. The van der Waals surface area contributed by atoms with Crippen molar-refractivity contribution in [1.29, 1.82) is 0 Å². The third-order valence-electron chi connectivity index (χ3n) is 2.78. The Bertz CT molecular complexity index is 425. The number of hydrogen-bond donors (Lipinski definition) is 2. The summed E-state index contributed by atoms with van der Waals surface area (Å²) in [5.74, 6) is 0. The van der Waals surface area contributed by atoms with E-state index in [-0.39, 0.29) is 0 Å². The van der Waals surface area contributed by atoms with Gasteiger partial charge in [0.15, 0.2) is 6.29 Å². The molecule has 3 nitrogen and oxygen atoms in total. The van der Waals surface area contributed by atoms with Gasteiger partial charge in [0.1, 0.15) is 0 Å². The van der Waals surface area contributed by atoms with Crippen molar-refractivity contribution in [2.75, 3.05) is 7.05 Å². The third kappa shape index (κ3) is 4.04. The summed E-state index contributed by atoms with van der Waals surface area (Å²) in [6.45, 7) is 4.33. The van der Waals surface area contributed by atoms with Gasteiger partial charge in [0.25, 0.3) is 0 Å². The Hall–Kier alpha value is -1.61. The lowest BCUT2D eigenvalue weighted by atomic mass is 10.2. The molecule has 0 fully saturated rings. The van der Waals surface area contributed by atoms with E-state index < -0.39 is 0 Å². The van der Waals surface area contributed by atoms with Crippen LogP contribution in [0.5, 0.6) is 0 Å². The SMILES string of the molecule is CCC(C)NC.O=Cc1cc2ccccc2[nH]1. The summed E-state index contributed by atoms with van der Waals surface area (Å²) < 4.78 is 0. The number of para-hydroxylation sites is 1. The number of carbonyl (C=O) groups excluding carboxylic acids is 1. The monoisotopic (exact) mass is 232 g/mol. The van der Waals surface area contributed by atoms with Gasteiger partial charge >= 0.3 is 0 Å². The summed E-state index contributed by atoms with van der Waals surface area (Å²) in [6, 6.07) is 10.3. The van der Waals surface area contributed by atoms with Crippen LogP contribution in [0.25, 0.3) is 10.9 Å². The van der Waals surface area contributed by atoms with Crippen LogP contribution in [0.4, 0.5) is 0 Å². The number of hydrogen-bond acceptors (Lipinski definition) is 2. The van der Waals surface area contributed by atoms with E-state index in [1.54, 1.807) is 0 Å². The van der Waals surface area contributed by atoms with E-state index in [1.807, 2.05) is 37.4 Å². The second kappa shape index (κ2) is 6.86. The highest BCUT2D eigenvalue weighted by Gasteiger charge is 1.95.